The second-order valence-corrected chi connectivity index (χ2v) is 16.2. The quantitative estimate of drug-likeness (QED) is 0.00776. The minimum Gasteiger partial charge on any atom is -0.493 e. The van der Waals surface area contributed by atoms with Crippen molar-refractivity contribution in [3.63, 3.8) is 0 Å². The van der Waals surface area contributed by atoms with Crippen LogP contribution in [0.15, 0.2) is 12.1 Å². The fraction of sp³-hybridized carbons (Fsp3) is 0.628. The molecule has 0 aliphatic rings. The lowest BCUT2D eigenvalue weighted by atomic mass is 10.1. The molecule has 7 amide bonds. The summed E-state index contributed by atoms with van der Waals surface area (Å²) in [5, 5.41) is 46.8. The minimum absolute atomic E-state index is 0.00248. The van der Waals surface area contributed by atoms with Crippen molar-refractivity contribution in [2.75, 3.05) is 59.5 Å². The Morgan fingerprint density at radius 1 is 0.625 bits per heavy atom. The van der Waals surface area contributed by atoms with E-state index in [0.29, 0.717) is 32.1 Å². The molecule has 29 nitrogen and oxygen atoms in total. The Bertz CT molecular complexity index is 1990. The lowest BCUT2D eigenvalue weighted by Crippen LogP contribution is -2.54. The summed E-state index contributed by atoms with van der Waals surface area (Å²) in [6.07, 6.45) is 1.77. The van der Waals surface area contributed by atoms with Crippen molar-refractivity contribution in [3.8, 4) is 11.5 Å². The van der Waals surface area contributed by atoms with Crippen LogP contribution >= 0.6 is 0 Å². The molecule has 0 radical (unpaired) electrons. The average Bonchev–Trinajstić information content (AvgIpc) is 3.33. The number of benzene rings is 1. The summed E-state index contributed by atoms with van der Waals surface area (Å²) in [5.74, 6) is -5.53. The Morgan fingerprint density at radius 2 is 1.18 bits per heavy atom. The number of primary amides is 1. The first-order valence-electron chi connectivity index (χ1n) is 23.5. The Hall–Kier alpha value is -7.56. The first-order valence-corrected chi connectivity index (χ1v) is 23.5. The van der Waals surface area contributed by atoms with Gasteiger partial charge in [0, 0.05) is 38.9 Å². The highest BCUT2D eigenvalue weighted by atomic mass is 16.6. The molecule has 4 atom stereocenters. The maximum atomic E-state index is 13.4. The molecule has 404 valence electrons. The van der Waals surface area contributed by atoms with Crippen molar-refractivity contribution in [1.29, 1.82) is 10.8 Å². The normalized spacial score (nSPS) is 12.3. The molecule has 29 heteroatoms. The van der Waals surface area contributed by atoms with Crippen molar-refractivity contribution in [2.45, 2.75) is 115 Å². The summed E-state index contributed by atoms with van der Waals surface area (Å²) in [5.41, 5.74) is 26.9. The summed E-state index contributed by atoms with van der Waals surface area (Å²) in [6, 6.07) is -0.885. The Labute approximate surface area is 417 Å². The van der Waals surface area contributed by atoms with Crippen molar-refractivity contribution >= 4 is 64.9 Å². The summed E-state index contributed by atoms with van der Waals surface area (Å²) in [6.45, 7) is 1.49. The summed E-state index contributed by atoms with van der Waals surface area (Å²) in [4.78, 5) is 112. The number of nitro groups is 1. The fourth-order valence-electron chi connectivity index (χ4n) is 6.55. The number of hydrogen-bond donors (Lipinski definition) is 15. The van der Waals surface area contributed by atoms with Gasteiger partial charge in [0.05, 0.1) is 43.4 Å². The number of hydrogen-bond acceptors (Lipinski definition) is 17. The molecular weight excluding hydrogens is 949 g/mol. The SMILES string of the molecule is COc1cc(C(C)OC(=O)CCCN)c([N+](=O)[O-])cc1OCCCC(=O)NCCCCC(NC(=O)C(CCCNC(=N)N)NC(=O)CNC(=O)CNC(=O)C(CCCNC(=N)N)NC(=O)CCCN)C(N)=O. The van der Waals surface area contributed by atoms with E-state index >= 15 is 0 Å². The van der Waals surface area contributed by atoms with Crippen LogP contribution in [0.2, 0.25) is 0 Å². The highest BCUT2D eigenvalue weighted by molar-refractivity contribution is 5.94. The van der Waals surface area contributed by atoms with Crippen molar-refractivity contribution in [1.82, 2.24) is 42.5 Å². The number of guanidine groups is 2. The molecule has 0 heterocycles. The lowest BCUT2D eigenvalue weighted by Gasteiger charge is -2.22. The van der Waals surface area contributed by atoms with Crippen LogP contribution in [0.25, 0.3) is 0 Å². The predicted molar refractivity (Wildman–Crippen MR) is 262 cm³/mol. The molecule has 0 aliphatic heterocycles. The minimum atomic E-state index is -1.23. The van der Waals surface area contributed by atoms with E-state index in [1.54, 1.807) is 0 Å². The molecule has 0 saturated heterocycles. The van der Waals surface area contributed by atoms with Gasteiger partial charge >= 0.3 is 5.97 Å². The molecule has 1 aromatic rings. The zero-order valence-electron chi connectivity index (χ0n) is 41.0. The molecule has 0 saturated carbocycles. The standard InChI is InChI=1S/C43H74N16O13/c1-26(72-38(64)15-6-17-45)27-22-32(70-2)33(23-31(27)59(68)69)71-21-9-14-34(60)51-18-4-3-10-28(39(46)65)58-41(67)30(12-8-20-53-43(49)50)57-37(63)25-54-36(62)24-55-40(66)29(11-7-19-52-42(47)48)56-35(61)13-5-16-44/h22-23,26,28-30H,3-21,24-25,44-45H2,1-2H3,(H2,46,65)(H,51,60)(H,54,62)(H,55,66)(H,56,61)(H,57,63)(H,58,67)(H4,47,48,52)(H4,49,50,53). The number of nitrogens with one attached hydrogen (secondary N) is 10. The van der Waals surface area contributed by atoms with Crippen LogP contribution in [0.1, 0.15) is 102 Å². The number of methoxy groups -OCH3 is 1. The number of rotatable bonds is 38. The predicted octanol–water partition coefficient (Wildman–Crippen LogP) is -3.17. The van der Waals surface area contributed by atoms with Gasteiger partial charge in [-0.05, 0) is 90.3 Å². The Kier molecular flexibility index (Phi) is 30.8. The van der Waals surface area contributed by atoms with E-state index in [2.05, 4.69) is 42.5 Å². The van der Waals surface area contributed by atoms with Gasteiger partial charge in [0.25, 0.3) is 5.69 Å². The van der Waals surface area contributed by atoms with Gasteiger partial charge in [0.2, 0.25) is 41.4 Å². The molecular formula is C43H74N16O13. The number of esters is 1. The Morgan fingerprint density at radius 3 is 1.76 bits per heavy atom. The fourth-order valence-corrected chi connectivity index (χ4v) is 6.55. The molecule has 0 aromatic heterocycles. The van der Waals surface area contributed by atoms with Gasteiger partial charge in [0.1, 0.15) is 24.2 Å². The van der Waals surface area contributed by atoms with E-state index in [0.717, 1.165) is 6.07 Å². The second kappa shape index (κ2) is 35.5. The van der Waals surface area contributed by atoms with Gasteiger partial charge in [-0.15, -0.1) is 0 Å². The highest BCUT2D eigenvalue weighted by Gasteiger charge is 2.28. The molecule has 72 heavy (non-hydrogen) atoms. The number of carbonyl (C=O) groups excluding carboxylic acids is 8. The largest absolute Gasteiger partial charge is 0.493 e. The first-order chi connectivity index (χ1) is 34.2. The topological polar surface area (TPSA) is 481 Å². The van der Waals surface area contributed by atoms with Crippen molar-refractivity contribution in [3.05, 3.63) is 27.8 Å². The highest BCUT2D eigenvalue weighted by Crippen LogP contribution is 2.38. The van der Waals surface area contributed by atoms with Crippen LogP contribution in [0.4, 0.5) is 5.69 Å². The lowest BCUT2D eigenvalue weighted by molar-refractivity contribution is -0.386. The summed E-state index contributed by atoms with van der Waals surface area (Å²) < 4.78 is 16.4. The maximum absolute atomic E-state index is 13.4. The number of ether oxygens (including phenoxy) is 3. The van der Waals surface area contributed by atoms with E-state index in [9.17, 15) is 48.5 Å². The first kappa shape index (κ1) is 62.5. The van der Waals surface area contributed by atoms with Crippen molar-refractivity contribution < 1.29 is 57.5 Å². The van der Waals surface area contributed by atoms with Gasteiger partial charge in [-0.25, -0.2) is 0 Å². The van der Waals surface area contributed by atoms with Crippen LogP contribution in [0, 0.1) is 20.9 Å². The van der Waals surface area contributed by atoms with E-state index in [1.807, 2.05) is 0 Å². The molecule has 1 rings (SSSR count). The molecule has 20 N–H and O–H groups in total. The number of nitrogens with zero attached hydrogens (tertiary/aromatic N) is 1. The maximum Gasteiger partial charge on any atom is 0.306 e. The van der Waals surface area contributed by atoms with E-state index in [1.165, 1.54) is 20.1 Å². The number of carbonyl (C=O) groups is 8. The van der Waals surface area contributed by atoms with Crippen LogP contribution < -0.4 is 80.7 Å². The molecule has 1 aromatic carbocycles. The third-order valence-corrected chi connectivity index (χ3v) is 10.3. The van der Waals surface area contributed by atoms with Crippen LogP contribution in [0.5, 0.6) is 11.5 Å². The van der Waals surface area contributed by atoms with Gasteiger partial charge in [-0.2, -0.15) is 0 Å². The molecule has 0 fully saturated rings. The van der Waals surface area contributed by atoms with E-state index < -0.39 is 83.7 Å². The van der Waals surface area contributed by atoms with Crippen LogP contribution in [-0.2, 0) is 43.1 Å². The van der Waals surface area contributed by atoms with Gasteiger partial charge in [-0.3, -0.25) is 59.3 Å². The molecule has 0 bridgehead atoms. The van der Waals surface area contributed by atoms with E-state index in [4.69, 9.17) is 53.7 Å². The Balaban J connectivity index is 2.72. The second-order valence-electron chi connectivity index (χ2n) is 16.2. The zero-order chi connectivity index (χ0) is 54.0. The third kappa shape index (κ3) is 27.0. The summed E-state index contributed by atoms with van der Waals surface area (Å²) in [7, 11) is 1.34. The monoisotopic (exact) mass is 1020 g/mol. The molecule has 0 spiro atoms. The number of nitrogens with two attached hydrogens (primary N) is 5. The summed E-state index contributed by atoms with van der Waals surface area (Å²) >= 11 is 0. The van der Waals surface area contributed by atoms with Crippen LogP contribution in [-0.4, -0.2) is 142 Å². The zero-order valence-corrected chi connectivity index (χ0v) is 41.0. The van der Waals surface area contributed by atoms with Crippen LogP contribution in [0.3, 0.4) is 0 Å². The van der Waals surface area contributed by atoms with Gasteiger partial charge in [0.15, 0.2) is 23.4 Å². The smallest absolute Gasteiger partial charge is 0.306 e. The third-order valence-electron chi connectivity index (χ3n) is 10.3. The van der Waals surface area contributed by atoms with Gasteiger partial charge < -0.3 is 85.4 Å². The number of amides is 7. The number of unbranched alkanes of at least 4 members (excludes halogenated alkanes) is 1. The average molecular weight is 1020 g/mol. The van der Waals surface area contributed by atoms with E-state index in [-0.39, 0.29) is 131 Å². The molecule has 0 aliphatic carbocycles. The number of nitro benzene ring substituents is 1. The van der Waals surface area contributed by atoms with Crippen molar-refractivity contribution in [2.24, 2.45) is 28.7 Å². The van der Waals surface area contributed by atoms with Gasteiger partial charge in [-0.1, -0.05) is 0 Å². The molecule has 4 unspecified atom stereocenters.